The number of carbonyl (C=O) groups excluding carboxylic acids is 1. The van der Waals surface area contributed by atoms with Crippen LogP contribution >= 0.6 is 0 Å². The van der Waals surface area contributed by atoms with Gasteiger partial charge in [0.15, 0.2) is 0 Å². The standard InChI is InChI=1S/C27H26N4O5/c1-4-34-20-12-10-18(11-13-20)24-23(17(2)31(27(32)28-24)16-22-9-6-14-35-22)26-29-25(30-36-26)19-7-5-8-21(15-19)33-3/h5-15,24H,4,16H2,1-3H3,(H,28,32). The molecular weight excluding hydrogens is 460 g/mol. The number of rotatable bonds is 8. The van der Waals surface area contributed by atoms with E-state index in [2.05, 4.69) is 10.5 Å². The summed E-state index contributed by atoms with van der Waals surface area (Å²) in [5, 5.41) is 7.30. The number of allylic oxidation sites excluding steroid dienone is 1. The Hall–Kier alpha value is -4.53. The van der Waals surface area contributed by atoms with Crippen LogP contribution in [0, 0.1) is 0 Å². The van der Waals surface area contributed by atoms with Gasteiger partial charge in [0.2, 0.25) is 5.82 Å². The molecule has 36 heavy (non-hydrogen) atoms. The van der Waals surface area contributed by atoms with E-state index in [1.165, 1.54) is 0 Å². The van der Waals surface area contributed by atoms with Crippen LogP contribution in [0.2, 0.25) is 0 Å². The zero-order chi connectivity index (χ0) is 25.1. The summed E-state index contributed by atoms with van der Waals surface area (Å²) in [6.07, 6.45) is 1.58. The van der Waals surface area contributed by atoms with Gasteiger partial charge in [-0.15, -0.1) is 0 Å². The van der Waals surface area contributed by atoms with Crippen molar-refractivity contribution in [3.63, 3.8) is 0 Å². The second kappa shape index (κ2) is 9.99. The third-order valence-electron chi connectivity index (χ3n) is 6.00. The number of urea groups is 1. The summed E-state index contributed by atoms with van der Waals surface area (Å²) in [4.78, 5) is 19.5. The molecule has 3 heterocycles. The van der Waals surface area contributed by atoms with Crippen molar-refractivity contribution in [3.8, 4) is 22.9 Å². The number of aromatic nitrogens is 2. The van der Waals surface area contributed by atoms with Gasteiger partial charge in [-0.1, -0.05) is 29.4 Å². The molecule has 1 aliphatic rings. The molecule has 1 atom stereocenters. The number of carbonyl (C=O) groups is 1. The van der Waals surface area contributed by atoms with Gasteiger partial charge in [-0.25, -0.2) is 4.79 Å². The Kier molecular flexibility index (Phi) is 6.44. The zero-order valence-corrected chi connectivity index (χ0v) is 20.2. The molecule has 4 aromatic rings. The summed E-state index contributed by atoms with van der Waals surface area (Å²) >= 11 is 0. The van der Waals surface area contributed by atoms with E-state index in [9.17, 15) is 4.79 Å². The molecule has 1 unspecified atom stereocenters. The lowest BCUT2D eigenvalue weighted by molar-refractivity contribution is 0.199. The quantitative estimate of drug-likeness (QED) is 0.354. The largest absolute Gasteiger partial charge is 0.497 e. The van der Waals surface area contributed by atoms with E-state index in [1.54, 1.807) is 24.3 Å². The molecule has 9 heteroatoms. The van der Waals surface area contributed by atoms with E-state index in [0.29, 0.717) is 41.1 Å². The maximum absolute atomic E-state index is 13.2. The Morgan fingerprint density at radius 2 is 1.92 bits per heavy atom. The predicted molar refractivity (Wildman–Crippen MR) is 132 cm³/mol. The number of hydrogen-bond donors (Lipinski definition) is 1. The lowest BCUT2D eigenvalue weighted by Gasteiger charge is -2.34. The molecule has 0 aliphatic carbocycles. The van der Waals surface area contributed by atoms with Gasteiger partial charge in [0.25, 0.3) is 5.89 Å². The minimum Gasteiger partial charge on any atom is -0.497 e. The summed E-state index contributed by atoms with van der Waals surface area (Å²) in [6.45, 7) is 4.64. The maximum atomic E-state index is 13.2. The van der Waals surface area contributed by atoms with Crippen molar-refractivity contribution >= 4 is 11.6 Å². The van der Waals surface area contributed by atoms with E-state index in [4.69, 9.17) is 23.4 Å². The molecule has 0 saturated heterocycles. The molecule has 0 fully saturated rings. The van der Waals surface area contributed by atoms with Crippen molar-refractivity contribution in [2.24, 2.45) is 0 Å². The SMILES string of the molecule is CCOc1ccc(C2NC(=O)N(Cc3ccco3)C(C)=C2c2nc(-c3cccc(OC)c3)no2)cc1. The molecule has 1 aliphatic heterocycles. The topological polar surface area (TPSA) is 103 Å². The van der Waals surface area contributed by atoms with Crippen LogP contribution in [0.15, 0.2) is 81.6 Å². The van der Waals surface area contributed by atoms with Crippen molar-refractivity contribution in [2.45, 2.75) is 26.4 Å². The zero-order valence-electron chi connectivity index (χ0n) is 20.2. The number of nitrogens with one attached hydrogen (secondary N) is 1. The number of amides is 2. The first-order valence-electron chi connectivity index (χ1n) is 11.6. The maximum Gasteiger partial charge on any atom is 0.322 e. The highest BCUT2D eigenvalue weighted by molar-refractivity contribution is 5.86. The average molecular weight is 487 g/mol. The van der Waals surface area contributed by atoms with Crippen LogP contribution in [0.4, 0.5) is 4.79 Å². The Bertz CT molecular complexity index is 1380. The Labute approximate surface area is 208 Å². The highest BCUT2D eigenvalue weighted by Gasteiger charge is 2.36. The summed E-state index contributed by atoms with van der Waals surface area (Å²) in [5.41, 5.74) is 3.01. The van der Waals surface area contributed by atoms with Gasteiger partial charge >= 0.3 is 6.03 Å². The van der Waals surface area contributed by atoms with Gasteiger partial charge in [-0.3, -0.25) is 4.90 Å². The molecule has 2 amide bonds. The Morgan fingerprint density at radius 1 is 1.08 bits per heavy atom. The second-order valence-electron chi connectivity index (χ2n) is 8.20. The molecule has 184 valence electrons. The fourth-order valence-corrected chi connectivity index (χ4v) is 4.19. The molecule has 9 nitrogen and oxygen atoms in total. The molecule has 0 bridgehead atoms. The highest BCUT2D eigenvalue weighted by Crippen LogP contribution is 2.38. The van der Waals surface area contributed by atoms with Crippen molar-refractivity contribution < 1.29 is 23.2 Å². The Balaban J connectivity index is 1.57. The van der Waals surface area contributed by atoms with Gasteiger partial charge in [0, 0.05) is 11.3 Å². The third-order valence-corrected chi connectivity index (χ3v) is 6.00. The molecule has 0 radical (unpaired) electrons. The highest BCUT2D eigenvalue weighted by atomic mass is 16.5. The van der Waals surface area contributed by atoms with Crippen LogP contribution in [0.5, 0.6) is 11.5 Å². The summed E-state index contributed by atoms with van der Waals surface area (Å²) in [5.74, 6) is 2.84. The van der Waals surface area contributed by atoms with E-state index < -0.39 is 6.04 Å². The lowest BCUT2D eigenvalue weighted by atomic mass is 9.94. The van der Waals surface area contributed by atoms with Crippen LogP contribution in [0.1, 0.15) is 37.1 Å². The summed E-state index contributed by atoms with van der Waals surface area (Å²) in [6, 6.07) is 17.9. The number of ether oxygens (including phenoxy) is 2. The molecule has 2 aromatic heterocycles. The molecule has 0 saturated carbocycles. The number of hydrogen-bond acceptors (Lipinski definition) is 7. The summed E-state index contributed by atoms with van der Waals surface area (Å²) in [7, 11) is 1.61. The van der Waals surface area contributed by atoms with Crippen molar-refractivity contribution in [3.05, 3.63) is 89.8 Å². The van der Waals surface area contributed by atoms with E-state index in [-0.39, 0.29) is 12.6 Å². The summed E-state index contributed by atoms with van der Waals surface area (Å²) < 4.78 is 22.1. The Morgan fingerprint density at radius 3 is 2.64 bits per heavy atom. The van der Waals surface area contributed by atoms with Crippen LogP contribution in [0.3, 0.4) is 0 Å². The minimum atomic E-state index is -0.500. The first-order valence-corrected chi connectivity index (χ1v) is 11.6. The van der Waals surface area contributed by atoms with Gasteiger partial charge in [-0.2, -0.15) is 4.98 Å². The van der Waals surface area contributed by atoms with Crippen LogP contribution in [-0.4, -0.2) is 34.8 Å². The number of benzene rings is 2. The lowest BCUT2D eigenvalue weighted by Crippen LogP contribution is -2.45. The number of methoxy groups -OCH3 is 1. The molecule has 5 rings (SSSR count). The van der Waals surface area contributed by atoms with Crippen LogP contribution in [0.25, 0.3) is 17.0 Å². The predicted octanol–water partition coefficient (Wildman–Crippen LogP) is 5.43. The van der Waals surface area contributed by atoms with Gasteiger partial charge < -0.3 is 23.7 Å². The first kappa shape index (κ1) is 23.2. The van der Waals surface area contributed by atoms with E-state index in [0.717, 1.165) is 16.9 Å². The number of nitrogens with zero attached hydrogens (tertiary/aromatic N) is 3. The van der Waals surface area contributed by atoms with E-state index >= 15 is 0 Å². The fourth-order valence-electron chi connectivity index (χ4n) is 4.19. The molecule has 2 aromatic carbocycles. The first-order chi connectivity index (χ1) is 17.6. The normalized spacial score (nSPS) is 15.7. The minimum absolute atomic E-state index is 0.251. The van der Waals surface area contributed by atoms with Crippen molar-refractivity contribution in [2.75, 3.05) is 13.7 Å². The monoisotopic (exact) mass is 486 g/mol. The van der Waals surface area contributed by atoms with Gasteiger partial charge in [-0.05, 0) is 55.8 Å². The second-order valence-corrected chi connectivity index (χ2v) is 8.20. The third kappa shape index (κ3) is 4.55. The average Bonchev–Trinajstić information content (AvgIpc) is 3.60. The van der Waals surface area contributed by atoms with Gasteiger partial charge in [0.1, 0.15) is 17.3 Å². The molecule has 0 spiro atoms. The molecule has 1 N–H and O–H groups in total. The van der Waals surface area contributed by atoms with E-state index in [1.807, 2.05) is 68.4 Å². The smallest absolute Gasteiger partial charge is 0.322 e. The van der Waals surface area contributed by atoms with Crippen molar-refractivity contribution in [1.29, 1.82) is 0 Å². The fraction of sp³-hybridized carbons (Fsp3) is 0.222. The van der Waals surface area contributed by atoms with Crippen LogP contribution < -0.4 is 14.8 Å². The number of furan rings is 1. The molecular formula is C27H26N4O5. The van der Waals surface area contributed by atoms with Gasteiger partial charge in [0.05, 0.1) is 38.1 Å². The van der Waals surface area contributed by atoms with Crippen molar-refractivity contribution in [1.82, 2.24) is 20.4 Å². The van der Waals surface area contributed by atoms with Crippen LogP contribution in [-0.2, 0) is 6.54 Å².